The number of carbonyl (C=O) groups is 1. The molecule has 0 heterocycles. The smallest absolute Gasteiger partial charge is 0.164 e. The Balaban J connectivity index is 3.23. The number of hydrogen-bond acceptors (Lipinski definition) is 4. The summed E-state index contributed by atoms with van der Waals surface area (Å²) in [6, 6.07) is 3.48. The zero-order valence-electron chi connectivity index (χ0n) is 10.9. The molecule has 1 aromatic rings. The van der Waals surface area contributed by atoms with Gasteiger partial charge in [0.1, 0.15) is 18.6 Å². The van der Waals surface area contributed by atoms with Crippen molar-refractivity contribution < 1.29 is 19.0 Å². The van der Waals surface area contributed by atoms with Crippen LogP contribution in [0.15, 0.2) is 24.8 Å². The number of aldehydes is 1. The summed E-state index contributed by atoms with van der Waals surface area (Å²) < 4.78 is 16.0. The molecule has 0 radical (unpaired) electrons. The Labute approximate surface area is 107 Å². The standard InChI is InChI=1S/C14H18O4/c1-5-6-18-14-7-11(10(2)9-15)12(16-3)8-13(14)17-4/h5,7-10H,1,6H2,2-4H3. The van der Waals surface area contributed by atoms with Gasteiger partial charge in [0.05, 0.1) is 14.2 Å². The quantitative estimate of drug-likeness (QED) is 0.551. The van der Waals surface area contributed by atoms with E-state index in [2.05, 4.69) is 6.58 Å². The van der Waals surface area contributed by atoms with E-state index in [-0.39, 0.29) is 5.92 Å². The third-order valence-electron chi connectivity index (χ3n) is 2.57. The number of benzene rings is 1. The molecule has 0 spiro atoms. The predicted molar refractivity (Wildman–Crippen MR) is 69.7 cm³/mol. The third-order valence-corrected chi connectivity index (χ3v) is 2.57. The average Bonchev–Trinajstić information content (AvgIpc) is 2.43. The van der Waals surface area contributed by atoms with Crippen molar-refractivity contribution in [2.45, 2.75) is 12.8 Å². The predicted octanol–water partition coefficient (Wildman–Crippen LogP) is 2.57. The van der Waals surface area contributed by atoms with Crippen LogP contribution in [0.25, 0.3) is 0 Å². The van der Waals surface area contributed by atoms with Crippen molar-refractivity contribution in [3.8, 4) is 17.2 Å². The van der Waals surface area contributed by atoms with Crippen molar-refractivity contribution in [2.24, 2.45) is 0 Å². The molecule has 0 saturated heterocycles. The maximum Gasteiger partial charge on any atom is 0.164 e. The molecule has 0 aliphatic carbocycles. The Kier molecular flexibility index (Phi) is 5.24. The molecule has 0 aliphatic heterocycles. The fraction of sp³-hybridized carbons (Fsp3) is 0.357. The van der Waals surface area contributed by atoms with Gasteiger partial charge in [0, 0.05) is 17.5 Å². The lowest BCUT2D eigenvalue weighted by Crippen LogP contribution is -2.03. The van der Waals surface area contributed by atoms with Gasteiger partial charge in [-0.05, 0) is 6.07 Å². The van der Waals surface area contributed by atoms with Crippen LogP contribution >= 0.6 is 0 Å². The van der Waals surface area contributed by atoms with Gasteiger partial charge in [-0.1, -0.05) is 19.6 Å². The van der Waals surface area contributed by atoms with Gasteiger partial charge in [0.15, 0.2) is 11.5 Å². The van der Waals surface area contributed by atoms with Crippen LogP contribution in [0.2, 0.25) is 0 Å². The molecule has 1 aromatic carbocycles. The molecule has 0 aromatic heterocycles. The van der Waals surface area contributed by atoms with Gasteiger partial charge in [0.2, 0.25) is 0 Å². The van der Waals surface area contributed by atoms with Crippen molar-refractivity contribution in [3.63, 3.8) is 0 Å². The van der Waals surface area contributed by atoms with E-state index in [1.165, 1.54) is 0 Å². The summed E-state index contributed by atoms with van der Waals surface area (Å²) in [4.78, 5) is 10.9. The second-order valence-corrected chi connectivity index (χ2v) is 3.77. The minimum Gasteiger partial charge on any atom is -0.496 e. The summed E-state index contributed by atoms with van der Waals surface area (Å²) in [5.41, 5.74) is 0.771. The monoisotopic (exact) mass is 250 g/mol. The zero-order valence-corrected chi connectivity index (χ0v) is 10.9. The summed E-state index contributed by atoms with van der Waals surface area (Å²) in [6.07, 6.45) is 2.51. The van der Waals surface area contributed by atoms with Crippen LogP contribution in [-0.2, 0) is 4.79 Å². The van der Waals surface area contributed by atoms with Gasteiger partial charge in [-0.2, -0.15) is 0 Å². The number of carbonyl (C=O) groups excluding carboxylic acids is 1. The summed E-state index contributed by atoms with van der Waals surface area (Å²) in [7, 11) is 3.11. The molecule has 1 unspecified atom stereocenters. The highest BCUT2D eigenvalue weighted by Gasteiger charge is 2.16. The first-order valence-corrected chi connectivity index (χ1v) is 5.62. The van der Waals surface area contributed by atoms with Crippen molar-refractivity contribution >= 4 is 6.29 Å². The van der Waals surface area contributed by atoms with E-state index < -0.39 is 0 Å². The highest BCUT2D eigenvalue weighted by molar-refractivity contribution is 5.66. The molecule has 1 atom stereocenters. The Morgan fingerprint density at radius 2 is 1.89 bits per heavy atom. The van der Waals surface area contributed by atoms with Crippen molar-refractivity contribution in [1.29, 1.82) is 0 Å². The van der Waals surface area contributed by atoms with E-state index in [0.29, 0.717) is 23.9 Å². The number of methoxy groups -OCH3 is 2. The molecule has 18 heavy (non-hydrogen) atoms. The van der Waals surface area contributed by atoms with Crippen LogP contribution in [-0.4, -0.2) is 27.1 Å². The number of ether oxygens (including phenoxy) is 3. The maximum atomic E-state index is 10.9. The molecular formula is C14H18O4. The van der Waals surface area contributed by atoms with Crippen LogP contribution in [0.4, 0.5) is 0 Å². The molecule has 0 fully saturated rings. The summed E-state index contributed by atoms with van der Waals surface area (Å²) in [5.74, 6) is 1.48. The largest absolute Gasteiger partial charge is 0.496 e. The lowest BCUT2D eigenvalue weighted by atomic mass is 10.0. The Bertz CT molecular complexity index is 426. The lowest BCUT2D eigenvalue weighted by molar-refractivity contribution is -0.108. The van der Waals surface area contributed by atoms with E-state index >= 15 is 0 Å². The van der Waals surface area contributed by atoms with Gasteiger partial charge in [0.25, 0.3) is 0 Å². The first kappa shape index (κ1) is 14.1. The normalized spacial score (nSPS) is 11.5. The molecule has 4 heteroatoms. The molecule has 0 bridgehead atoms. The van der Waals surface area contributed by atoms with Gasteiger partial charge < -0.3 is 19.0 Å². The van der Waals surface area contributed by atoms with Crippen LogP contribution in [0.3, 0.4) is 0 Å². The Morgan fingerprint density at radius 1 is 1.22 bits per heavy atom. The van der Waals surface area contributed by atoms with Crippen LogP contribution in [0, 0.1) is 0 Å². The van der Waals surface area contributed by atoms with Gasteiger partial charge >= 0.3 is 0 Å². The van der Waals surface area contributed by atoms with Crippen LogP contribution in [0.5, 0.6) is 17.2 Å². The maximum absolute atomic E-state index is 10.9. The molecule has 98 valence electrons. The minimum absolute atomic E-state index is 0.267. The molecule has 0 N–H and O–H groups in total. The summed E-state index contributed by atoms with van der Waals surface area (Å²) in [6.45, 7) is 5.76. The molecule has 1 rings (SSSR count). The van der Waals surface area contributed by atoms with E-state index in [9.17, 15) is 4.79 Å². The molecule has 0 aliphatic rings. The fourth-order valence-corrected chi connectivity index (χ4v) is 1.58. The summed E-state index contributed by atoms with van der Waals surface area (Å²) in [5, 5.41) is 0. The molecule has 0 saturated carbocycles. The second-order valence-electron chi connectivity index (χ2n) is 3.77. The lowest BCUT2D eigenvalue weighted by Gasteiger charge is -2.16. The minimum atomic E-state index is -0.267. The highest BCUT2D eigenvalue weighted by atomic mass is 16.5. The van der Waals surface area contributed by atoms with E-state index in [1.54, 1.807) is 39.4 Å². The Morgan fingerprint density at radius 3 is 2.39 bits per heavy atom. The summed E-state index contributed by atoms with van der Waals surface area (Å²) >= 11 is 0. The Hall–Kier alpha value is -1.97. The van der Waals surface area contributed by atoms with Gasteiger partial charge in [-0.25, -0.2) is 0 Å². The molecule has 4 nitrogen and oxygen atoms in total. The average molecular weight is 250 g/mol. The topological polar surface area (TPSA) is 44.8 Å². The number of rotatable bonds is 7. The van der Waals surface area contributed by atoms with E-state index in [0.717, 1.165) is 11.8 Å². The van der Waals surface area contributed by atoms with Gasteiger partial charge in [-0.3, -0.25) is 0 Å². The van der Waals surface area contributed by atoms with Crippen LogP contribution in [0.1, 0.15) is 18.4 Å². The molecular weight excluding hydrogens is 232 g/mol. The van der Waals surface area contributed by atoms with E-state index in [1.807, 2.05) is 0 Å². The third kappa shape index (κ3) is 3.03. The van der Waals surface area contributed by atoms with E-state index in [4.69, 9.17) is 14.2 Å². The first-order valence-electron chi connectivity index (χ1n) is 5.62. The van der Waals surface area contributed by atoms with Gasteiger partial charge in [-0.15, -0.1) is 0 Å². The van der Waals surface area contributed by atoms with Crippen LogP contribution < -0.4 is 14.2 Å². The highest BCUT2D eigenvalue weighted by Crippen LogP contribution is 2.37. The molecule has 0 amide bonds. The zero-order chi connectivity index (χ0) is 13.5. The number of hydrogen-bond donors (Lipinski definition) is 0. The van der Waals surface area contributed by atoms with Crippen molar-refractivity contribution in [2.75, 3.05) is 20.8 Å². The van der Waals surface area contributed by atoms with Crippen molar-refractivity contribution in [1.82, 2.24) is 0 Å². The fourth-order valence-electron chi connectivity index (χ4n) is 1.58. The van der Waals surface area contributed by atoms with Crippen molar-refractivity contribution in [3.05, 3.63) is 30.4 Å². The second kappa shape index (κ2) is 6.69. The first-order chi connectivity index (χ1) is 8.67. The SMILES string of the molecule is C=CCOc1cc(C(C)C=O)c(OC)cc1OC.